The van der Waals surface area contributed by atoms with Gasteiger partial charge in [-0.2, -0.15) is 5.06 Å². The Kier molecular flexibility index (Phi) is 4.50. The Morgan fingerprint density at radius 3 is 2.88 bits per heavy atom. The smallest absolute Gasteiger partial charge is 0.0852 e. The lowest BCUT2D eigenvalue weighted by molar-refractivity contribution is -0.122. The fraction of sp³-hybridized carbons (Fsp3) is 0.538. The van der Waals surface area contributed by atoms with Crippen LogP contribution >= 0.6 is 0 Å². The van der Waals surface area contributed by atoms with Crippen molar-refractivity contribution in [2.45, 2.75) is 12.6 Å². The van der Waals surface area contributed by atoms with Gasteiger partial charge in [0.05, 0.1) is 19.3 Å². The number of ether oxygens (including phenoxy) is 1. The third-order valence-corrected chi connectivity index (χ3v) is 2.94. The van der Waals surface area contributed by atoms with E-state index >= 15 is 0 Å². The molecule has 0 bridgehead atoms. The second-order valence-corrected chi connectivity index (χ2v) is 4.55. The second kappa shape index (κ2) is 6.12. The summed E-state index contributed by atoms with van der Waals surface area (Å²) in [4.78, 5) is 2.37. The van der Waals surface area contributed by atoms with Crippen molar-refractivity contribution >= 4 is 0 Å². The molecular weight excluding hydrogens is 216 g/mol. The van der Waals surface area contributed by atoms with Gasteiger partial charge in [-0.25, -0.2) is 0 Å². The maximum atomic E-state index is 9.22. The highest BCUT2D eigenvalue weighted by Gasteiger charge is 2.21. The molecule has 17 heavy (non-hydrogen) atoms. The summed E-state index contributed by atoms with van der Waals surface area (Å²) in [5.41, 5.74) is 1.32. The molecule has 0 aliphatic carbocycles. The molecule has 0 saturated carbocycles. The molecule has 4 nitrogen and oxygen atoms in total. The number of benzene rings is 1. The van der Waals surface area contributed by atoms with Gasteiger partial charge in [0.15, 0.2) is 0 Å². The molecule has 0 spiro atoms. The molecule has 1 heterocycles. The predicted octanol–water partition coefficient (Wildman–Crippen LogP) is 1.21. The SMILES string of the molecule is CN(O)CC1CN(Cc2ccccc2)CCO1. The van der Waals surface area contributed by atoms with Gasteiger partial charge >= 0.3 is 0 Å². The van der Waals surface area contributed by atoms with Gasteiger partial charge in [-0.05, 0) is 5.56 Å². The predicted molar refractivity (Wildman–Crippen MR) is 65.9 cm³/mol. The quantitative estimate of drug-likeness (QED) is 0.797. The van der Waals surface area contributed by atoms with Crippen LogP contribution in [0.25, 0.3) is 0 Å². The van der Waals surface area contributed by atoms with Crippen LogP contribution in [0.2, 0.25) is 0 Å². The zero-order valence-electron chi connectivity index (χ0n) is 10.2. The highest BCUT2D eigenvalue weighted by atomic mass is 16.5. The van der Waals surface area contributed by atoms with E-state index in [-0.39, 0.29) is 6.10 Å². The molecule has 1 N–H and O–H groups in total. The minimum atomic E-state index is 0.0995. The van der Waals surface area contributed by atoms with Crippen molar-refractivity contribution < 1.29 is 9.94 Å². The fourth-order valence-electron chi connectivity index (χ4n) is 2.17. The van der Waals surface area contributed by atoms with E-state index in [2.05, 4.69) is 29.2 Å². The molecule has 1 unspecified atom stereocenters. The second-order valence-electron chi connectivity index (χ2n) is 4.55. The van der Waals surface area contributed by atoms with Crippen molar-refractivity contribution in [3.63, 3.8) is 0 Å². The van der Waals surface area contributed by atoms with Crippen LogP contribution in [-0.2, 0) is 11.3 Å². The third kappa shape index (κ3) is 4.09. The van der Waals surface area contributed by atoms with Crippen LogP contribution in [0, 0.1) is 0 Å². The first-order valence-electron chi connectivity index (χ1n) is 6.02. The number of morpholine rings is 1. The summed E-state index contributed by atoms with van der Waals surface area (Å²) in [6.45, 7) is 4.09. The maximum absolute atomic E-state index is 9.22. The van der Waals surface area contributed by atoms with Gasteiger partial charge in [0.1, 0.15) is 0 Å². The summed E-state index contributed by atoms with van der Waals surface area (Å²) in [6, 6.07) is 10.4. The van der Waals surface area contributed by atoms with E-state index in [1.807, 2.05) is 6.07 Å². The van der Waals surface area contributed by atoms with Gasteiger partial charge < -0.3 is 9.94 Å². The number of hydroxylamine groups is 2. The molecule has 1 fully saturated rings. The maximum Gasteiger partial charge on any atom is 0.0852 e. The summed E-state index contributed by atoms with van der Waals surface area (Å²) in [7, 11) is 1.65. The molecule has 1 aromatic carbocycles. The molecule has 2 rings (SSSR count). The summed E-state index contributed by atoms with van der Waals surface area (Å²) >= 11 is 0. The Labute approximate surface area is 102 Å². The Morgan fingerprint density at radius 2 is 2.18 bits per heavy atom. The average Bonchev–Trinajstić information content (AvgIpc) is 2.30. The van der Waals surface area contributed by atoms with Crippen LogP contribution < -0.4 is 0 Å². The minimum absolute atomic E-state index is 0.0995. The van der Waals surface area contributed by atoms with Gasteiger partial charge in [0, 0.05) is 26.7 Å². The number of rotatable bonds is 4. The molecule has 0 radical (unpaired) electrons. The zero-order chi connectivity index (χ0) is 12.1. The van der Waals surface area contributed by atoms with Gasteiger partial charge in [-0.1, -0.05) is 30.3 Å². The molecule has 1 saturated heterocycles. The van der Waals surface area contributed by atoms with Crippen molar-refractivity contribution in [3.05, 3.63) is 35.9 Å². The Bertz CT molecular complexity index is 329. The topological polar surface area (TPSA) is 35.9 Å². The standard InChI is InChI=1S/C13H20N2O2/c1-14(16)10-13-11-15(7-8-17-13)9-12-5-3-2-4-6-12/h2-6,13,16H,7-11H2,1H3. The normalized spacial score (nSPS) is 21.9. The van der Waals surface area contributed by atoms with Gasteiger partial charge in [-0.15, -0.1) is 0 Å². The summed E-state index contributed by atoms with van der Waals surface area (Å²) < 4.78 is 5.61. The van der Waals surface area contributed by atoms with E-state index in [0.29, 0.717) is 6.54 Å². The summed E-state index contributed by atoms with van der Waals surface area (Å²) in [5.74, 6) is 0. The lowest BCUT2D eigenvalue weighted by atomic mass is 10.2. The fourth-order valence-corrected chi connectivity index (χ4v) is 2.17. The van der Waals surface area contributed by atoms with E-state index in [1.165, 1.54) is 10.6 Å². The molecular formula is C13H20N2O2. The molecule has 1 aliphatic rings. The van der Waals surface area contributed by atoms with E-state index in [9.17, 15) is 5.21 Å². The number of likely N-dealkylation sites (N-methyl/N-ethyl adjacent to an activating group) is 1. The molecule has 94 valence electrons. The van der Waals surface area contributed by atoms with Gasteiger partial charge in [-0.3, -0.25) is 4.90 Å². The van der Waals surface area contributed by atoms with E-state index in [0.717, 1.165) is 26.2 Å². The molecule has 4 heteroatoms. The van der Waals surface area contributed by atoms with Crippen molar-refractivity contribution in [2.75, 3.05) is 33.3 Å². The largest absolute Gasteiger partial charge is 0.374 e. The lowest BCUT2D eigenvalue weighted by Gasteiger charge is -2.33. The molecule has 0 aromatic heterocycles. The van der Waals surface area contributed by atoms with Crippen molar-refractivity contribution in [2.24, 2.45) is 0 Å². The zero-order valence-corrected chi connectivity index (χ0v) is 10.2. The highest BCUT2D eigenvalue weighted by Crippen LogP contribution is 2.10. The average molecular weight is 236 g/mol. The number of hydrogen-bond donors (Lipinski definition) is 1. The summed E-state index contributed by atoms with van der Waals surface area (Å²) in [6.07, 6.45) is 0.0995. The Hall–Kier alpha value is -0.940. The third-order valence-electron chi connectivity index (χ3n) is 2.94. The van der Waals surface area contributed by atoms with E-state index in [1.54, 1.807) is 7.05 Å². The summed E-state index contributed by atoms with van der Waals surface area (Å²) in [5, 5.41) is 10.4. The van der Waals surface area contributed by atoms with Crippen molar-refractivity contribution in [3.8, 4) is 0 Å². The first kappa shape index (κ1) is 12.5. The van der Waals surface area contributed by atoms with Crippen LogP contribution in [0.5, 0.6) is 0 Å². The van der Waals surface area contributed by atoms with Gasteiger partial charge in [0.2, 0.25) is 0 Å². The van der Waals surface area contributed by atoms with Crippen LogP contribution in [-0.4, -0.2) is 54.6 Å². The molecule has 0 amide bonds. The van der Waals surface area contributed by atoms with Crippen molar-refractivity contribution in [1.82, 2.24) is 9.96 Å². The highest BCUT2D eigenvalue weighted by molar-refractivity contribution is 5.14. The molecule has 1 aliphatic heterocycles. The van der Waals surface area contributed by atoms with Crippen LogP contribution in [0.15, 0.2) is 30.3 Å². The van der Waals surface area contributed by atoms with E-state index < -0.39 is 0 Å². The van der Waals surface area contributed by atoms with Crippen LogP contribution in [0.3, 0.4) is 0 Å². The van der Waals surface area contributed by atoms with E-state index in [4.69, 9.17) is 4.74 Å². The first-order chi connectivity index (χ1) is 8.24. The number of nitrogens with zero attached hydrogens (tertiary/aromatic N) is 2. The number of hydrogen-bond acceptors (Lipinski definition) is 4. The first-order valence-corrected chi connectivity index (χ1v) is 6.02. The minimum Gasteiger partial charge on any atom is -0.374 e. The lowest BCUT2D eigenvalue weighted by Crippen LogP contribution is -2.46. The van der Waals surface area contributed by atoms with Gasteiger partial charge in [0.25, 0.3) is 0 Å². The molecule has 1 atom stereocenters. The van der Waals surface area contributed by atoms with Crippen LogP contribution in [0.1, 0.15) is 5.56 Å². The van der Waals surface area contributed by atoms with Crippen molar-refractivity contribution in [1.29, 1.82) is 0 Å². The molecule has 1 aromatic rings. The van der Waals surface area contributed by atoms with Crippen LogP contribution in [0.4, 0.5) is 0 Å². The monoisotopic (exact) mass is 236 g/mol. The Balaban J connectivity index is 1.85. The Morgan fingerprint density at radius 1 is 1.41 bits per heavy atom.